The molecular formula is C17H19Cl2N5O. The number of nitrogens with one attached hydrogen (secondary N) is 1. The van der Waals surface area contributed by atoms with Crippen LogP contribution in [0.15, 0.2) is 29.4 Å². The summed E-state index contributed by atoms with van der Waals surface area (Å²) in [5.41, 5.74) is 5.55. The van der Waals surface area contributed by atoms with E-state index >= 15 is 0 Å². The van der Waals surface area contributed by atoms with Crippen molar-refractivity contribution in [1.82, 2.24) is 9.97 Å². The lowest BCUT2D eigenvalue weighted by Gasteiger charge is -2.27. The lowest BCUT2D eigenvalue weighted by Crippen LogP contribution is -2.37. The second kappa shape index (κ2) is 7.99. The molecule has 2 aromatic rings. The van der Waals surface area contributed by atoms with Crippen LogP contribution < -0.4 is 10.3 Å². The van der Waals surface area contributed by atoms with Gasteiger partial charge in [0.25, 0.3) is 0 Å². The van der Waals surface area contributed by atoms with E-state index in [4.69, 9.17) is 27.9 Å². The van der Waals surface area contributed by atoms with Crippen molar-refractivity contribution in [2.75, 3.05) is 36.6 Å². The van der Waals surface area contributed by atoms with E-state index in [9.17, 15) is 0 Å². The topological polar surface area (TPSA) is 62.6 Å². The molecule has 25 heavy (non-hydrogen) atoms. The summed E-state index contributed by atoms with van der Waals surface area (Å²) >= 11 is 12.0. The molecule has 1 aromatic heterocycles. The van der Waals surface area contributed by atoms with Crippen LogP contribution in [0.25, 0.3) is 0 Å². The highest BCUT2D eigenvalue weighted by molar-refractivity contribution is 6.42. The predicted molar refractivity (Wildman–Crippen MR) is 102 cm³/mol. The number of halogens is 2. The Labute approximate surface area is 156 Å². The summed E-state index contributed by atoms with van der Waals surface area (Å²) in [7, 11) is 0. The Bertz CT molecular complexity index is 791. The van der Waals surface area contributed by atoms with E-state index in [0.29, 0.717) is 35.0 Å². The second-order valence-electron chi connectivity index (χ2n) is 5.73. The molecule has 1 aromatic carbocycles. The first-order valence-electron chi connectivity index (χ1n) is 7.97. The summed E-state index contributed by atoms with van der Waals surface area (Å²) in [6, 6.07) is 7.27. The van der Waals surface area contributed by atoms with Gasteiger partial charge in [-0.05, 0) is 31.5 Å². The number of aromatic nitrogens is 2. The first-order valence-corrected chi connectivity index (χ1v) is 8.72. The van der Waals surface area contributed by atoms with Crippen LogP contribution in [-0.2, 0) is 4.74 Å². The minimum absolute atomic E-state index is 0.501. The van der Waals surface area contributed by atoms with Crippen LogP contribution >= 0.6 is 23.2 Å². The van der Waals surface area contributed by atoms with E-state index in [-0.39, 0.29) is 0 Å². The maximum absolute atomic E-state index is 6.06. The van der Waals surface area contributed by atoms with Gasteiger partial charge in [0.05, 0.1) is 29.0 Å². The molecule has 1 saturated heterocycles. The van der Waals surface area contributed by atoms with Gasteiger partial charge < -0.3 is 9.64 Å². The van der Waals surface area contributed by atoms with E-state index < -0.39 is 0 Å². The van der Waals surface area contributed by atoms with Gasteiger partial charge in [0.2, 0.25) is 5.95 Å². The van der Waals surface area contributed by atoms with Crippen molar-refractivity contribution in [3.63, 3.8) is 0 Å². The van der Waals surface area contributed by atoms with Gasteiger partial charge in [-0.1, -0.05) is 29.3 Å². The zero-order chi connectivity index (χ0) is 17.8. The highest BCUT2D eigenvalue weighted by Crippen LogP contribution is 2.23. The summed E-state index contributed by atoms with van der Waals surface area (Å²) in [4.78, 5) is 11.2. The van der Waals surface area contributed by atoms with E-state index in [1.54, 1.807) is 12.1 Å². The predicted octanol–water partition coefficient (Wildman–Crippen LogP) is 3.76. The molecular weight excluding hydrogens is 361 g/mol. The fraction of sp³-hybridized carbons (Fsp3) is 0.353. The number of aryl methyl sites for hydroxylation is 1. The molecule has 0 unspecified atom stereocenters. The molecule has 3 rings (SSSR count). The van der Waals surface area contributed by atoms with Crippen molar-refractivity contribution in [2.24, 2.45) is 5.10 Å². The number of hydrogen-bond donors (Lipinski definition) is 1. The van der Waals surface area contributed by atoms with E-state index in [2.05, 4.69) is 25.4 Å². The quantitative estimate of drug-likeness (QED) is 0.646. The van der Waals surface area contributed by atoms with E-state index in [1.165, 1.54) is 0 Å². The monoisotopic (exact) mass is 379 g/mol. The van der Waals surface area contributed by atoms with Crippen LogP contribution in [0, 0.1) is 6.92 Å². The molecule has 2 heterocycles. The SMILES string of the molecule is C/C(=N\Nc1cc(C)nc(N2CCOCC2)n1)c1ccc(Cl)c(Cl)c1. The summed E-state index contributed by atoms with van der Waals surface area (Å²) in [5.74, 6) is 1.33. The third kappa shape index (κ3) is 4.60. The van der Waals surface area contributed by atoms with E-state index in [0.717, 1.165) is 30.1 Å². The van der Waals surface area contributed by atoms with Gasteiger partial charge in [-0.15, -0.1) is 0 Å². The van der Waals surface area contributed by atoms with Gasteiger partial charge in [0.15, 0.2) is 5.82 Å². The molecule has 1 aliphatic rings. The van der Waals surface area contributed by atoms with Crippen LogP contribution in [0.4, 0.5) is 11.8 Å². The number of hydrogen-bond acceptors (Lipinski definition) is 6. The highest BCUT2D eigenvalue weighted by atomic mass is 35.5. The lowest BCUT2D eigenvalue weighted by molar-refractivity contribution is 0.122. The minimum Gasteiger partial charge on any atom is -0.378 e. The molecule has 1 fully saturated rings. The third-order valence-electron chi connectivity index (χ3n) is 3.81. The molecule has 0 spiro atoms. The lowest BCUT2D eigenvalue weighted by atomic mass is 10.1. The van der Waals surface area contributed by atoms with Crippen LogP contribution in [-0.4, -0.2) is 42.0 Å². The van der Waals surface area contributed by atoms with Crippen molar-refractivity contribution in [1.29, 1.82) is 0 Å². The Balaban J connectivity index is 1.77. The molecule has 0 aliphatic carbocycles. The van der Waals surface area contributed by atoms with Crippen molar-refractivity contribution in [3.05, 3.63) is 45.6 Å². The first-order chi connectivity index (χ1) is 12.0. The molecule has 8 heteroatoms. The number of hydrazone groups is 1. The number of benzene rings is 1. The summed E-state index contributed by atoms with van der Waals surface area (Å²) in [6.45, 7) is 6.78. The normalized spacial score (nSPS) is 15.4. The van der Waals surface area contributed by atoms with Crippen molar-refractivity contribution >= 4 is 40.7 Å². The largest absolute Gasteiger partial charge is 0.378 e. The Kier molecular flexibility index (Phi) is 5.73. The Morgan fingerprint density at radius 1 is 1.16 bits per heavy atom. The molecule has 132 valence electrons. The van der Waals surface area contributed by atoms with Crippen LogP contribution in [0.2, 0.25) is 10.0 Å². The minimum atomic E-state index is 0.501. The van der Waals surface area contributed by atoms with E-state index in [1.807, 2.05) is 26.0 Å². The summed E-state index contributed by atoms with van der Waals surface area (Å²) in [5, 5.41) is 5.42. The Hall–Kier alpha value is -1.89. The van der Waals surface area contributed by atoms with Gasteiger partial charge in [-0.2, -0.15) is 10.1 Å². The zero-order valence-electron chi connectivity index (χ0n) is 14.1. The average Bonchev–Trinajstić information content (AvgIpc) is 2.62. The molecule has 0 bridgehead atoms. The molecule has 0 atom stereocenters. The zero-order valence-corrected chi connectivity index (χ0v) is 15.6. The van der Waals surface area contributed by atoms with Gasteiger partial charge >= 0.3 is 0 Å². The number of ether oxygens (including phenoxy) is 1. The average molecular weight is 380 g/mol. The molecule has 1 aliphatic heterocycles. The first kappa shape index (κ1) is 17.9. The fourth-order valence-corrected chi connectivity index (χ4v) is 2.74. The highest BCUT2D eigenvalue weighted by Gasteiger charge is 2.15. The Morgan fingerprint density at radius 2 is 1.92 bits per heavy atom. The maximum atomic E-state index is 6.06. The number of rotatable bonds is 4. The third-order valence-corrected chi connectivity index (χ3v) is 4.55. The van der Waals surface area contributed by atoms with Crippen LogP contribution in [0.1, 0.15) is 18.2 Å². The molecule has 0 radical (unpaired) electrons. The molecule has 6 nitrogen and oxygen atoms in total. The molecule has 0 saturated carbocycles. The standard InChI is InChI=1S/C17H19Cl2N5O/c1-11-9-16(21-17(20-11)24-5-7-25-8-6-24)23-22-12(2)13-3-4-14(18)15(19)10-13/h3-4,9-10H,5-8H2,1-2H3,(H,20,21,23)/b22-12+. The second-order valence-corrected chi connectivity index (χ2v) is 6.55. The van der Waals surface area contributed by atoms with Crippen LogP contribution in [0.3, 0.4) is 0 Å². The van der Waals surface area contributed by atoms with Gasteiger partial charge in [-0.25, -0.2) is 4.98 Å². The van der Waals surface area contributed by atoms with Crippen molar-refractivity contribution < 1.29 is 4.74 Å². The molecule has 0 amide bonds. The van der Waals surface area contributed by atoms with Crippen molar-refractivity contribution in [3.8, 4) is 0 Å². The number of nitrogens with zero attached hydrogens (tertiary/aromatic N) is 4. The number of anilines is 2. The van der Waals surface area contributed by atoms with Crippen LogP contribution in [0.5, 0.6) is 0 Å². The maximum Gasteiger partial charge on any atom is 0.227 e. The summed E-state index contributed by atoms with van der Waals surface area (Å²) in [6.07, 6.45) is 0. The van der Waals surface area contributed by atoms with Gasteiger partial charge in [-0.3, -0.25) is 5.43 Å². The number of morpholine rings is 1. The van der Waals surface area contributed by atoms with Gasteiger partial charge in [0.1, 0.15) is 0 Å². The van der Waals surface area contributed by atoms with Crippen molar-refractivity contribution in [2.45, 2.75) is 13.8 Å². The molecule has 1 N–H and O–H groups in total. The fourth-order valence-electron chi connectivity index (χ4n) is 2.44. The van der Waals surface area contributed by atoms with Gasteiger partial charge in [0, 0.05) is 24.8 Å². The Morgan fingerprint density at radius 3 is 2.64 bits per heavy atom. The summed E-state index contributed by atoms with van der Waals surface area (Å²) < 4.78 is 5.37. The smallest absolute Gasteiger partial charge is 0.227 e.